The topological polar surface area (TPSA) is 4.44 Å². The van der Waals surface area contributed by atoms with E-state index in [4.69, 9.17) is 0 Å². The Bertz CT molecular complexity index is 1300. The molecule has 1 N–H and O–H groups in total. The Morgan fingerprint density at radius 2 is 1.00 bits per heavy atom. The van der Waals surface area contributed by atoms with Crippen LogP contribution in [0.3, 0.4) is 0 Å². The van der Waals surface area contributed by atoms with Crippen LogP contribution in [0.5, 0.6) is 0 Å². The molecule has 1 fully saturated rings. The van der Waals surface area contributed by atoms with Crippen molar-refractivity contribution in [1.82, 2.24) is 0 Å². The van der Waals surface area contributed by atoms with E-state index < -0.39 is 6.15 Å². The van der Waals surface area contributed by atoms with Crippen LogP contribution in [-0.4, -0.2) is 25.3 Å². The molecule has 2 heteroatoms. The number of quaternary nitrogens is 1. The maximum atomic E-state index is 3.27. The van der Waals surface area contributed by atoms with Crippen LogP contribution in [0.4, 0.5) is 0 Å². The molecule has 2 aliphatic heterocycles. The van der Waals surface area contributed by atoms with Crippen molar-refractivity contribution in [2.24, 2.45) is 0 Å². The van der Waals surface area contributed by atoms with Gasteiger partial charge in [0.2, 0.25) is 0 Å². The molecular weight excluding hydrogens is 457 g/mol. The second kappa shape index (κ2) is 11.1. The summed E-state index contributed by atoms with van der Waals surface area (Å²) in [5.41, 5.74) is 10.6. The molecule has 1 unspecified atom stereocenters. The van der Waals surface area contributed by atoms with Gasteiger partial charge < -0.3 is 4.90 Å². The van der Waals surface area contributed by atoms with Crippen molar-refractivity contribution in [2.45, 2.75) is 59.0 Å². The maximum absolute atomic E-state index is 3.27. The van der Waals surface area contributed by atoms with E-state index in [9.17, 15) is 0 Å². The maximum Gasteiger partial charge on any atom is 0.149 e. The zero-order chi connectivity index (χ0) is 26.7. The lowest BCUT2D eigenvalue weighted by molar-refractivity contribution is -0.909. The molecule has 0 aliphatic carbocycles. The van der Waals surface area contributed by atoms with Gasteiger partial charge in [0.05, 0.1) is 19.5 Å². The molecule has 4 aromatic rings. The summed E-state index contributed by atoms with van der Waals surface area (Å²) in [4.78, 5) is 1.66. The van der Waals surface area contributed by atoms with Gasteiger partial charge in [-0.25, -0.2) is 0 Å². The average Bonchev–Trinajstić information content (AvgIpc) is 3.09. The van der Waals surface area contributed by atoms with E-state index in [2.05, 4.69) is 144 Å². The van der Waals surface area contributed by atoms with Crippen molar-refractivity contribution >= 4 is 28.0 Å². The van der Waals surface area contributed by atoms with E-state index in [0.717, 1.165) is 12.5 Å². The van der Waals surface area contributed by atoms with Crippen LogP contribution < -0.4 is 26.8 Å². The van der Waals surface area contributed by atoms with Gasteiger partial charge in [-0.15, -0.1) is 0 Å². The monoisotopic (exact) mass is 497 g/mol. The number of rotatable bonds is 4. The molecular formula is C36H40BN. The molecule has 1 saturated heterocycles. The minimum atomic E-state index is -1.29. The second-order valence-electron chi connectivity index (χ2n) is 11.6. The van der Waals surface area contributed by atoms with Crippen LogP contribution in [0.1, 0.15) is 41.5 Å². The number of fused-ring (bicyclic) bond motifs is 2. The number of benzene rings is 4. The molecule has 2 aliphatic rings. The molecule has 2 heterocycles. The minimum Gasteiger partial charge on any atom is -0.322 e. The van der Waals surface area contributed by atoms with Gasteiger partial charge in [-0.1, -0.05) is 125 Å². The Morgan fingerprint density at radius 1 is 0.605 bits per heavy atom. The van der Waals surface area contributed by atoms with Crippen LogP contribution in [0.15, 0.2) is 97.1 Å². The third-order valence-corrected chi connectivity index (χ3v) is 8.79. The molecule has 0 amide bonds. The van der Waals surface area contributed by atoms with Crippen molar-refractivity contribution in [3.8, 4) is 11.8 Å². The standard InChI is InChI=1S/C28H28B.C8H11N/c1-21-9-5-13-25(17-21)29(26-14-6-10-22(2)18-26,27-15-7-11-23(3)19-27)28-16-8-12-24(4)20-28;1-9-7-3-2-4-8(9)6-5-7/h5-20H,1-4H3;7-8H,3,5-6H2,1H3/q-1;/p+1/t;7-,8+/m.1/s1. The summed E-state index contributed by atoms with van der Waals surface area (Å²) in [7, 11) is 2.27. The van der Waals surface area contributed by atoms with Crippen molar-refractivity contribution in [2.75, 3.05) is 7.05 Å². The van der Waals surface area contributed by atoms with E-state index in [1.54, 1.807) is 4.90 Å². The van der Waals surface area contributed by atoms with Gasteiger partial charge >= 0.3 is 0 Å². The van der Waals surface area contributed by atoms with Gasteiger partial charge in [-0.05, 0) is 33.6 Å². The van der Waals surface area contributed by atoms with Gasteiger partial charge in [-0.3, -0.25) is 0 Å². The summed E-state index contributed by atoms with van der Waals surface area (Å²) < 4.78 is 0. The third kappa shape index (κ3) is 5.09. The molecule has 1 nitrogen and oxygen atoms in total. The first-order valence-electron chi connectivity index (χ1n) is 14.1. The number of nitrogens with one attached hydrogen (secondary N) is 1. The molecule has 2 bridgehead atoms. The fourth-order valence-electron chi connectivity index (χ4n) is 6.77. The van der Waals surface area contributed by atoms with Crippen molar-refractivity contribution in [3.63, 3.8) is 0 Å². The Morgan fingerprint density at radius 3 is 1.32 bits per heavy atom. The van der Waals surface area contributed by atoms with E-state index in [1.807, 2.05) is 0 Å². The smallest absolute Gasteiger partial charge is 0.149 e. The largest absolute Gasteiger partial charge is 0.322 e. The Hall–Kier alpha value is -3.54. The van der Waals surface area contributed by atoms with Gasteiger partial charge in [0.15, 0.2) is 0 Å². The average molecular weight is 498 g/mol. The SMILES string of the molecule is C[NH+]1[C@@H]2CC#C[C@H]1CC2.Cc1cccc([B-](c2cccc(C)c2)(c2cccc(C)c2)c2cccc(C)c2)c1. The quantitative estimate of drug-likeness (QED) is 0.324. The summed E-state index contributed by atoms with van der Waals surface area (Å²) in [5, 5.41) is 0. The van der Waals surface area contributed by atoms with Crippen molar-refractivity contribution in [1.29, 1.82) is 0 Å². The highest BCUT2D eigenvalue weighted by Crippen LogP contribution is 2.14. The summed E-state index contributed by atoms with van der Waals surface area (Å²) in [5.74, 6) is 6.48. The summed E-state index contributed by atoms with van der Waals surface area (Å²) in [6.07, 6.45) is 2.57. The predicted octanol–water partition coefficient (Wildman–Crippen LogP) is 3.74. The Kier molecular flexibility index (Phi) is 7.59. The van der Waals surface area contributed by atoms with Gasteiger partial charge in [0, 0.05) is 12.8 Å². The van der Waals surface area contributed by atoms with Crippen molar-refractivity contribution in [3.05, 3.63) is 119 Å². The molecule has 3 atom stereocenters. The molecule has 0 saturated carbocycles. The molecule has 0 spiro atoms. The lowest BCUT2D eigenvalue weighted by atomic mass is 9.13. The highest BCUT2D eigenvalue weighted by atomic mass is 15.2. The summed E-state index contributed by atoms with van der Waals surface area (Å²) in [6.45, 7) is 8.75. The van der Waals surface area contributed by atoms with E-state index >= 15 is 0 Å². The lowest BCUT2D eigenvalue weighted by Gasteiger charge is -2.45. The third-order valence-electron chi connectivity index (χ3n) is 8.79. The zero-order valence-corrected chi connectivity index (χ0v) is 23.6. The van der Waals surface area contributed by atoms with Gasteiger partial charge in [0.1, 0.15) is 12.2 Å². The van der Waals surface area contributed by atoms with Crippen LogP contribution >= 0.6 is 0 Å². The fourth-order valence-corrected chi connectivity index (χ4v) is 6.77. The van der Waals surface area contributed by atoms with Crippen LogP contribution in [-0.2, 0) is 0 Å². The van der Waals surface area contributed by atoms with Crippen molar-refractivity contribution < 1.29 is 4.90 Å². The van der Waals surface area contributed by atoms with Gasteiger partial charge in [0.25, 0.3) is 0 Å². The number of hydrogen-bond acceptors (Lipinski definition) is 0. The predicted molar refractivity (Wildman–Crippen MR) is 165 cm³/mol. The Balaban J connectivity index is 0.000000273. The zero-order valence-electron chi connectivity index (χ0n) is 23.6. The molecule has 192 valence electrons. The highest BCUT2D eigenvalue weighted by molar-refractivity contribution is 7.19. The van der Waals surface area contributed by atoms with Gasteiger partial charge in [-0.2, -0.15) is 21.9 Å². The minimum absolute atomic E-state index is 0.684. The van der Waals surface area contributed by atoms with E-state index in [0.29, 0.717) is 6.04 Å². The molecule has 0 radical (unpaired) electrons. The fraction of sp³-hybridized carbons (Fsp3) is 0.278. The van der Waals surface area contributed by atoms with E-state index in [1.165, 1.54) is 56.9 Å². The summed E-state index contributed by atoms with van der Waals surface area (Å²) in [6, 6.07) is 37.8. The second-order valence-corrected chi connectivity index (χ2v) is 11.6. The molecule has 4 aromatic carbocycles. The highest BCUT2D eigenvalue weighted by Gasteiger charge is 2.35. The first kappa shape index (κ1) is 26.1. The first-order valence-corrected chi connectivity index (χ1v) is 14.1. The van der Waals surface area contributed by atoms with E-state index in [-0.39, 0.29) is 0 Å². The first-order chi connectivity index (χ1) is 18.4. The molecule has 38 heavy (non-hydrogen) atoms. The molecule has 0 aromatic heterocycles. The van der Waals surface area contributed by atoms with Crippen LogP contribution in [0, 0.1) is 39.5 Å². The lowest BCUT2D eigenvalue weighted by Crippen LogP contribution is -3.14. The summed E-state index contributed by atoms with van der Waals surface area (Å²) >= 11 is 0. The number of aryl methyl sites for hydroxylation is 4. The normalized spacial score (nSPS) is 19.7. The molecule has 6 rings (SSSR count). The van der Waals surface area contributed by atoms with Crippen LogP contribution in [0.2, 0.25) is 0 Å². The number of hydrogen-bond donors (Lipinski definition) is 1. The Labute approximate surface area is 229 Å². The van der Waals surface area contributed by atoms with Crippen LogP contribution in [0.25, 0.3) is 0 Å².